The van der Waals surface area contributed by atoms with Crippen LogP contribution in [0.1, 0.15) is 38.3 Å². The van der Waals surface area contributed by atoms with Gasteiger partial charge in [-0.25, -0.2) is 4.79 Å². The average Bonchev–Trinajstić information content (AvgIpc) is 2.88. The Kier molecular flexibility index (Phi) is 11.1. The van der Waals surface area contributed by atoms with E-state index in [9.17, 15) is 29.4 Å². The molecule has 0 aliphatic rings. The third-order valence-electron chi connectivity index (χ3n) is 6.22. The van der Waals surface area contributed by atoms with Crippen LogP contribution in [-0.2, 0) is 32.0 Å². The number of nitrogens with two attached hydrogens (primary N) is 1. The van der Waals surface area contributed by atoms with Gasteiger partial charge < -0.3 is 31.9 Å². The average molecular weight is 513 g/mol. The van der Waals surface area contributed by atoms with Gasteiger partial charge in [0.1, 0.15) is 23.9 Å². The molecule has 7 N–H and O–H groups in total. The van der Waals surface area contributed by atoms with Crippen molar-refractivity contribution in [2.24, 2.45) is 11.7 Å². The molecule has 0 saturated heterocycles. The van der Waals surface area contributed by atoms with E-state index in [-0.39, 0.29) is 24.5 Å². The zero-order chi connectivity index (χ0) is 27.5. The van der Waals surface area contributed by atoms with E-state index >= 15 is 0 Å². The van der Waals surface area contributed by atoms with Crippen LogP contribution in [0.5, 0.6) is 5.75 Å². The highest BCUT2D eigenvalue weighted by Crippen LogP contribution is 2.12. The van der Waals surface area contributed by atoms with E-state index in [2.05, 4.69) is 16.0 Å². The molecule has 10 heteroatoms. The molecule has 10 nitrogen and oxygen atoms in total. The minimum atomic E-state index is -1.22. The van der Waals surface area contributed by atoms with E-state index in [0.717, 1.165) is 5.56 Å². The van der Waals surface area contributed by atoms with E-state index < -0.39 is 47.9 Å². The van der Waals surface area contributed by atoms with Crippen molar-refractivity contribution in [2.45, 2.75) is 64.2 Å². The summed E-state index contributed by atoms with van der Waals surface area (Å²) in [5.74, 6) is -3.06. The molecule has 0 bridgehead atoms. The Morgan fingerprint density at radius 1 is 0.784 bits per heavy atom. The molecular weight excluding hydrogens is 476 g/mol. The van der Waals surface area contributed by atoms with Crippen LogP contribution in [0.4, 0.5) is 0 Å². The zero-order valence-electron chi connectivity index (χ0n) is 21.3. The van der Waals surface area contributed by atoms with E-state index in [0.29, 0.717) is 12.0 Å². The molecule has 0 spiro atoms. The first-order chi connectivity index (χ1) is 17.5. The Morgan fingerprint density at radius 2 is 1.32 bits per heavy atom. The Hall–Kier alpha value is -3.92. The SMILES string of the molecule is CCC(C)C(N)C(=O)NC(C)C(=O)NC(Cc1ccc(O)cc1)C(=O)NC(Cc1ccccc1)C(=O)O. The number of carboxylic acid groups (broad SMARTS) is 1. The van der Waals surface area contributed by atoms with Gasteiger partial charge in [0.25, 0.3) is 0 Å². The molecule has 5 unspecified atom stereocenters. The van der Waals surface area contributed by atoms with Crippen molar-refractivity contribution in [3.8, 4) is 5.75 Å². The van der Waals surface area contributed by atoms with Gasteiger partial charge in [0.05, 0.1) is 6.04 Å². The first-order valence-corrected chi connectivity index (χ1v) is 12.2. The van der Waals surface area contributed by atoms with E-state index in [1.54, 1.807) is 42.5 Å². The Morgan fingerprint density at radius 3 is 1.89 bits per heavy atom. The van der Waals surface area contributed by atoms with Crippen molar-refractivity contribution >= 4 is 23.7 Å². The van der Waals surface area contributed by atoms with Crippen LogP contribution in [-0.4, -0.2) is 58.1 Å². The van der Waals surface area contributed by atoms with Gasteiger partial charge in [-0.3, -0.25) is 14.4 Å². The Labute approximate surface area is 216 Å². The highest BCUT2D eigenvalue weighted by Gasteiger charge is 2.29. The number of rotatable bonds is 13. The standard InChI is InChI=1S/C27H36N4O6/c1-4-16(2)23(28)26(35)29-17(3)24(33)30-21(14-19-10-12-20(32)13-11-19)25(34)31-22(27(36)37)15-18-8-6-5-7-9-18/h5-13,16-17,21-23,32H,4,14-15,28H2,1-3H3,(H,29,35)(H,30,33)(H,31,34)(H,36,37). The van der Waals surface area contributed by atoms with Crippen molar-refractivity contribution in [1.29, 1.82) is 0 Å². The van der Waals surface area contributed by atoms with Crippen LogP contribution in [0.3, 0.4) is 0 Å². The molecule has 0 aromatic heterocycles. The summed E-state index contributed by atoms with van der Waals surface area (Å²) in [4.78, 5) is 50.4. The minimum Gasteiger partial charge on any atom is -0.508 e. The van der Waals surface area contributed by atoms with Gasteiger partial charge in [-0.2, -0.15) is 0 Å². The first kappa shape index (κ1) is 29.3. The van der Waals surface area contributed by atoms with E-state index in [1.807, 2.05) is 13.8 Å². The number of nitrogens with one attached hydrogen (secondary N) is 3. The second-order valence-corrected chi connectivity index (χ2v) is 9.16. The van der Waals surface area contributed by atoms with Crippen LogP contribution >= 0.6 is 0 Å². The summed E-state index contributed by atoms with van der Waals surface area (Å²) in [7, 11) is 0. The van der Waals surface area contributed by atoms with Crippen LogP contribution in [0.25, 0.3) is 0 Å². The van der Waals surface area contributed by atoms with Gasteiger partial charge in [-0.05, 0) is 36.1 Å². The molecule has 0 radical (unpaired) electrons. The summed E-state index contributed by atoms with van der Waals surface area (Å²) < 4.78 is 0. The predicted molar refractivity (Wildman–Crippen MR) is 138 cm³/mol. The number of aliphatic carboxylic acids is 1. The lowest BCUT2D eigenvalue weighted by Crippen LogP contribution is -2.57. The highest BCUT2D eigenvalue weighted by molar-refractivity contribution is 5.94. The molecule has 200 valence electrons. The molecule has 2 aromatic carbocycles. The fourth-order valence-corrected chi connectivity index (χ4v) is 3.58. The second-order valence-electron chi connectivity index (χ2n) is 9.16. The number of amides is 3. The van der Waals surface area contributed by atoms with Gasteiger partial charge >= 0.3 is 5.97 Å². The van der Waals surface area contributed by atoms with Gasteiger partial charge in [0, 0.05) is 12.8 Å². The number of carbonyl (C=O) groups excluding carboxylic acids is 3. The Balaban J connectivity index is 2.17. The summed E-state index contributed by atoms with van der Waals surface area (Å²) in [6.07, 6.45) is 0.780. The molecule has 3 amide bonds. The van der Waals surface area contributed by atoms with Crippen molar-refractivity contribution < 1.29 is 29.4 Å². The number of phenols is 1. The molecule has 0 saturated carbocycles. The van der Waals surface area contributed by atoms with E-state index in [4.69, 9.17) is 5.73 Å². The molecule has 37 heavy (non-hydrogen) atoms. The van der Waals surface area contributed by atoms with Crippen LogP contribution in [0.2, 0.25) is 0 Å². The fraction of sp³-hybridized carbons (Fsp3) is 0.407. The van der Waals surface area contributed by atoms with Crippen molar-refractivity contribution in [3.05, 3.63) is 65.7 Å². The molecule has 2 rings (SSSR count). The number of carboxylic acids is 1. The number of aromatic hydroxyl groups is 1. The summed E-state index contributed by atoms with van der Waals surface area (Å²) >= 11 is 0. The number of phenolic OH excluding ortho intramolecular Hbond substituents is 1. The van der Waals surface area contributed by atoms with Crippen molar-refractivity contribution in [3.63, 3.8) is 0 Å². The molecule has 5 atom stereocenters. The second kappa shape index (κ2) is 14.0. The highest BCUT2D eigenvalue weighted by atomic mass is 16.4. The third kappa shape index (κ3) is 9.23. The number of carbonyl (C=O) groups is 4. The normalized spacial score (nSPS) is 14.9. The maximum atomic E-state index is 13.2. The lowest BCUT2D eigenvalue weighted by molar-refractivity contribution is -0.142. The van der Waals surface area contributed by atoms with Crippen LogP contribution in [0, 0.1) is 5.92 Å². The van der Waals surface area contributed by atoms with Crippen LogP contribution in [0.15, 0.2) is 54.6 Å². The lowest BCUT2D eigenvalue weighted by Gasteiger charge is -2.25. The molecule has 0 heterocycles. The number of hydrogen-bond donors (Lipinski definition) is 6. The number of hydrogen-bond acceptors (Lipinski definition) is 6. The van der Waals surface area contributed by atoms with Gasteiger partial charge in [0.15, 0.2) is 0 Å². The molecule has 0 fully saturated rings. The largest absolute Gasteiger partial charge is 0.508 e. The quantitative estimate of drug-likeness (QED) is 0.233. The minimum absolute atomic E-state index is 0.0303. The van der Waals surface area contributed by atoms with Gasteiger partial charge in [0.2, 0.25) is 17.7 Å². The van der Waals surface area contributed by atoms with Gasteiger partial charge in [-0.15, -0.1) is 0 Å². The van der Waals surface area contributed by atoms with Crippen molar-refractivity contribution in [1.82, 2.24) is 16.0 Å². The Bertz CT molecular complexity index is 1060. The monoisotopic (exact) mass is 512 g/mol. The molecule has 0 aliphatic carbocycles. The maximum absolute atomic E-state index is 13.2. The molecule has 0 aliphatic heterocycles. The number of benzene rings is 2. The van der Waals surface area contributed by atoms with E-state index in [1.165, 1.54) is 19.1 Å². The smallest absolute Gasteiger partial charge is 0.326 e. The van der Waals surface area contributed by atoms with Crippen LogP contribution < -0.4 is 21.7 Å². The summed E-state index contributed by atoms with van der Waals surface area (Å²) in [5.41, 5.74) is 7.30. The predicted octanol–water partition coefficient (Wildman–Crippen LogP) is 1.11. The zero-order valence-corrected chi connectivity index (χ0v) is 21.3. The summed E-state index contributed by atoms with van der Waals surface area (Å²) in [6.45, 7) is 5.21. The molecule has 2 aromatic rings. The molecular formula is C27H36N4O6. The third-order valence-corrected chi connectivity index (χ3v) is 6.22. The topological polar surface area (TPSA) is 171 Å². The fourth-order valence-electron chi connectivity index (χ4n) is 3.58. The lowest BCUT2D eigenvalue weighted by atomic mass is 9.99. The maximum Gasteiger partial charge on any atom is 0.326 e. The summed E-state index contributed by atoms with van der Waals surface area (Å²) in [6, 6.07) is 10.8. The van der Waals surface area contributed by atoms with Crippen molar-refractivity contribution in [2.75, 3.05) is 0 Å². The summed E-state index contributed by atoms with van der Waals surface area (Å²) in [5, 5.41) is 26.9. The van der Waals surface area contributed by atoms with Gasteiger partial charge in [-0.1, -0.05) is 62.7 Å². The first-order valence-electron chi connectivity index (χ1n) is 12.2.